The molecule has 0 aliphatic heterocycles. The number of hydrogen-bond donors (Lipinski definition) is 1. The molecule has 0 saturated carbocycles. The molecule has 122 valence electrons. The normalized spacial score (nSPS) is 10.4. The lowest BCUT2D eigenvalue weighted by molar-refractivity contribution is -0.115. The average molecular weight is 346 g/mol. The largest absolute Gasteiger partial charge is 0.495 e. The molecule has 0 atom stereocenters. The van der Waals surface area contributed by atoms with Crippen LogP contribution in [0.3, 0.4) is 0 Å². The summed E-state index contributed by atoms with van der Waals surface area (Å²) in [6.07, 6.45) is 4.47. The van der Waals surface area contributed by atoms with E-state index in [2.05, 4.69) is 25.5 Å². The van der Waals surface area contributed by atoms with Crippen molar-refractivity contribution < 1.29 is 13.9 Å². The van der Waals surface area contributed by atoms with E-state index in [4.69, 9.17) is 20.8 Å². The van der Waals surface area contributed by atoms with Crippen LogP contribution >= 0.6 is 11.6 Å². The summed E-state index contributed by atoms with van der Waals surface area (Å²) in [5.41, 5.74) is 0.984. The molecule has 9 heteroatoms. The Hall–Kier alpha value is -3.00. The standard InChI is InChI=1S/C15H12ClN5O3/c1-23-12-3-2-9(6-10(12)16)19-13(22)7-14-20-21-15(24-14)11-8-17-4-5-18-11/h2-6,8H,7H2,1H3,(H,19,22). The summed E-state index contributed by atoms with van der Waals surface area (Å²) in [5, 5.41) is 10.8. The second-order valence-corrected chi connectivity index (χ2v) is 5.07. The zero-order chi connectivity index (χ0) is 16.9. The molecule has 0 aliphatic rings. The van der Waals surface area contributed by atoms with Gasteiger partial charge in [-0.1, -0.05) is 11.6 Å². The lowest BCUT2D eigenvalue weighted by Gasteiger charge is -2.07. The lowest BCUT2D eigenvalue weighted by Crippen LogP contribution is -2.14. The quantitative estimate of drug-likeness (QED) is 0.757. The molecule has 0 spiro atoms. The van der Waals surface area contributed by atoms with Crippen LogP contribution in [0.4, 0.5) is 5.69 Å². The highest BCUT2D eigenvalue weighted by Gasteiger charge is 2.14. The van der Waals surface area contributed by atoms with Gasteiger partial charge >= 0.3 is 0 Å². The molecule has 0 radical (unpaired) electrons. The van der Waals surface area contributed by atoms with E-state index in [1.807, 2.05) is 0 Å². The first-order valence-electron chi connectivity index (χ1n) is 6.88. The van der Waals surface area contributed by atoms with Crippen LogP contribution < -0.4 is 10.1 Å². The maximum absolute atomic E-state index is 12.1. The van der Waals surface area contributed by atoms with Crippen LogP contribution in [0.25, 0.3) is 11.6 Å². The second kappa shape index (κ2) is 7.05. The van der Waals surface area contributed by atoms with Gasteiger partial charge in [0, 0.05) is 18.1 Å². The Morgan fingerprint density at radius 1 is 1.33 bits per heavy atom. The third-order valence-corrected chi connectivity index (χ3v) is 3.29. The number of nitrogens with zero attached hydrogens (tertiary/aromatic N) is 4. The van der Waals surface area contributed by atoms with E-state index in [1.54, 1.807) is 18.2 Å². The zero-order valence-electron chi connectivity index (χ0n) is 12.6. The summed E-state index contributed by atoms with van der Waals surface area (Å²) < 4.78 is 10.5. The lowest BCUT2D eigenvalue weighted by atomic mass is 10.3. The van der Waals surface area contributed by atoms with Gasteiger partial charge in [-0.05, 0) is 18.2 Å². The van der Waals surface area contributed by atoms with Gasteiger partial charge in [-0.15, -0.1) is 10.2 Å². The van der Waals surface area contributed by atoms with Crippen molar-refractivity contribution in [2.24, 2.45) is 0 Å². The van der Waals surface area contributed by atoms with Gasteiger partial charge in [-0.2, -0.15) is 0 Å². The number of carbonyl (C=O) groups excluding carboxylic acids is 1. The number of amides is 1. The second-order valence-electron chi connectivity index (χ2n) is 4.67. The van der Waals surface area contributed by atoms with Crippen LogP contribution in [0.1, 0.15) is 5.89 Å². The first-order chi connectivity index (χ1) is 11.7. The molecule has 0 unspecified atom stereocenters. The Kier molecular flexibility index (Phi) is 4.66. The van der Waals surface area contributed by atoms with Crippen molar-refractivity contribution in [2.75, 3.05) is 12.4 Å². The first-order valence-corrected chi connectivity index (χ1v) is 7.25. The monoisotopic (exact) mass is 345 g/mol. The SMILES string of the molecule is COc1ccc(NC(=O)Cc2nnc(-c3cnccn3)o2)cc1Cl. The Balaban J connectivity index is 1.65. The van der Waals surface area contributed by atoms with Crippen molar-refractivity contribution in [1.82, 2.24) is 20.2 Å². The molecule has 3 rings (SSSR count). The number of benzene rings is 1. The van der Waals surface area contributed by atoms with Gasteiger partial charge in [0.15, 0.2) is 0 Å². The van der Waals surface area contributed by atoms with Crippen LogP contribution in [0.2, 0.25) is 5.02 Å². The molecule has 2 aromatic heterocycles. The fourth-order valence-electron chi connectivity index (χ4n) is 1.92. The summed E-state index contributed by atoms with van der Waals surface area (Å²) in [7, 11) is 1.52. The zero-order valence-corrected chi connectivity index (χ0v) is 13.3. The molecule has 8 nitrogen and oxygen atoms in total. The van der Waals surface area contributed by atoms with E-state index in [9.17, 15) is 4.79 Å². The third-order valence-electron chi connectivity index (χ3n) is 3.00. The predicted molar refractivity (Wildman–Crippen MR) is 85.7 cm³/mol. The number of anilines is 1. The van der Waals surface area contributed by atoms with Gasteiger partial charge in [-0.3, -0.25) is 9.78 Å². The summed E-state index contributed by atoms with van der Waals surface area (Å²) in [6, 6.07) is 4.94. The van der Waals surface area contributed by atoms with Crippen LogP contribution in [0, 0.1) is 0 Å². The topological polar surface area (TPSA) is 103 Å². The number of halogens is 1. The number of methoxy groups -OCH3 is 1. The highest BCUT2D eigenvalue weighted by Crippen LogP contribution is 2.27. The number of aromatic nitrogens is 4. The first kappa shape index (κ1) is 15.9. The van der Waals surface area contributed by atoms with Crippen LogP contribution in [0.15, 0.2) is 41.2 Å². The number of carbonyl (C=O) groups is 1. The molecule has 0 saturated heterocycles. The Morgan fingerprint density at radius 3 is 2.92 bits per heavy atom. The van der Waals surface area contributed by atoms with Crippen molar-refractivity contribution in [3.05, 3.63) is 47.7 Å². The van der Waals surface area contributed by atoms with E-state index in [-0.39, 0.29) is 24.1 Å². The fourth-order valence-corrected chi connectivity index (χ4v) is 2.18. The predicted octanol–water partition coefficient (Wildman–Crippen LogP) is 2.37. The maximum atomic E-state index is 12.1. The molecule has 0 aliphatic carbocycles. The van der Waals surface area contributed by atoms with E-state index in [0.717, 1.165) is 0 Å². The molecule has 1 aromatic carbocycles. The maximum Gasteiger partial charge on any atom is 0.267 e. The van der Waals surface area contributed by atoms with Gasteiger partial charge in [0.2, 0.25) is 11.8 Å². The Labute approximate surface area is 141 Å². The van der Waals surface area contributed by atoms with E-state index in [1.165, 1.54) is 25.7 Å². The van der Waals surface area contributed by atoms with E-state index in [0.29, 0.717) is 22.2 Å². The van der Waals surface area contributed by atoms with Gasteiger partial charge in [-0.25, -0.2) is 4.98 Å². The van der Waals surface area contributed by atoms with Gasteiger partial charge < -0.3 is 14.5 Å². The molecule has 0 bridgehead atoms. The van der Waals surface area contributed by atoms with Gasteiger partial charge in [0.05, 0.1) is 18.3 Å². The van der Waals surface area contributed by atoms with Crippen molar-refractivity contribution in [1.29, 1.82) is 0 Å². The Bertz CT molecular complexity index is 853. The van der Waals surface area contributed by atoms with E-state index < -0.39 is 0 Å². The van der Waals surface area contributed by atoms with Crippen LogP contribution in [-0.2, 0) is 11.2 Å². The fraction of sp³-hybridized carbons (Fsp3) is 0.133. The minimum absolute atomic E-state index is 0.0725. The van der Waals surface area contributed by atoms with Gasteiger partial charge in [0.1, 0.15) is 17.9 Å². The van der Waals surface area contributed by atoms with Crippen LogP contribution in [0.5, 0.6) is 5.75 Å². The molecule has 2 heterocycles. The summed E-state index contributed by atoms with van der Waals surface area (Å²) in [6.45, 7) is 0. The molecular weight excluding hydrogens is 334 g/mol. The van der Waals surface area contributed by atoms with Crippen molar-refractivity contribution in [2.45, 2.75) is 6.42 Å². The average Bonchev–Trinajstić information content (AvgIpc) is 3.04. The highest BCUT2D eigenvalue weighted by molar-refractivity contribution is 6.32. The molecule has 24 heavy (non-hydrogen) atoms. The molecule has 0 fully saturated rings. The smallest absolute Gasteiger partial charge is 0.267 e. The van der Waals surface area contributed by atoms with Crippen molar-refractivity contribution in [3.63, 3.8) is 0 Å². The van der Waals surface area contributed by atoms with Crippen LogP contribution in [-0.4, -0.2) is 33.2 Å². The minimum atomic E-state index is -0.314. The van der Waals surface area contributed by atoms with Gasteiger partial charge in [0.25, 0.3) is 5.89 Å². The number of ether oxygens (including phenoxy) is 1. The number of rotatable bonds is 5. The summed E-state index contributed by atoms with van der Waals surface area (Å²) in [4.78, 5) is 20.0. The third kappa shape index (κ3) is 3.66. The van der Waals surface area contributed by atoms with Crippen molar-refractivity contribution >= 4 is 23.2 Å². The van der Waals surface area contributed by atoms with E-state index >= 15 is 0 Å². The van der Waals surface area contributed by atoms with Crippen molar-refractivity contribution in [3.8, 4) is 17.3 Å². The molecule has 1 N–H and O–H groups in total. The summed E-state index contributed by atoms with van der Waals surface area (Å²) in [5.74, 6) is 0.594. The number of hydrogen-bond acceptors (Lipinski definition) is 7. The molecule has 1 amide bonds. The molecular formula is C15H12ClN5O3. The highest BCUT2D eigenvalue weighted by atomic mass is 35.5. The Morgan fingerprint density at radius 2 is 2.21 bits per heavy atom. The minimum Gasteiger partial charge on any atom is -0.495 e. The molecule has 3 aromatic rings. The summed E-state index contributed by atoms with van der Waals surface area (Å²) >= 11 is 6.01. The number of nitrogens with one attached hydrogen (secondary N) is 1.